The summed E-state index contributed by atoms with van der Waals surface area (Å²) in [6, 6.07) is 6.73. The molecule has 0 aliphatic heterocycles. The molecule has 0 fully saturated rings. The van der Waals surface area contributed by atoms with Crippen molar-refractivity contribution in [2.45, 2.75) is 31.6 Å². The third-order valence-electron chi connectivity index (χ3n) is 2.09. The maximum absolute atomic E-state index is 2.29. The van der Waals surface area contributed by atoms with Gasteiger partial charge in [-0.15, -0.1) is 11.8 Å². The van der Waals surface area contributed by atoms with Crippen molar-refractivity contribution < 1.29 is 0 Å². The first-order valence-electron chi connectivity index (χ1n) is 4.29. The van der Waals surface area contributed by atoms with E-state index in [1.54, 1.807) is 0 Å². The average Bonchev–Trinajstić information content (AvgIpc) is 2.04. The van der Waals surface area contributed by atoms with E-state index in [1.165, 1.54) is 16.0 Å². The maximum atomic E-state index is 2.29. The molecule has 0 bridgehead atoms. The molecular formula is C11H16S. The molecular weight excluding hydrogens is 164 g/mol. The van der Waals surface area contributed by atoms with Gasteiger partial charge < -0.3 is 0 Å². The minimum Gasteiger partial charge on any atom is -0.129 e. The first-order chi connectivity index (χ1) is 5.65. The smallest absolute Gasteiger partial charge is 0.00985 e. The molecule has 0 atom stereocenters. The van der Waals surface area contributed by atoms with Crippen LogP contribution in [0.25, 0.3) is 0 Å². The van der Waals surface area contributed by atoms with E-state index in [2.05, 4.69) is 45.2 Å². The van der Waals surface area contributed by atoms with Crippen molar-refractivity contribution in [3.63, 3.8) is 0 Å². The Hall–Kier alpha value is -0.430. The molecule has 0 saturated heterocycles. The van der Waals surface area contributed by atoms with Crippen LogP contribution >= 0.6 is 11.8 Å². The lowest BCUT2D eigenvalue weighted by Gasteiger charge is -2.08. The quantitative estimate of drug-likeness (QED) is 0.623. The van der Waals surface area contributed by atoms with Crippen molar-refractivity contribution in [3.05, 3.63) is 29.3 Å². The van der Waals surface area contributed by atoms with Gasteiger partial charge in [-0.05, 0) is 36.3 Å². The van der Waals surface area contributed by atoms with Gasteiger partial charge in [0.25, 0.3) is 0 Å². The van der Waals surface area contributed by atoms with Crippen LogP contribution in [0, 0.1) is 6.92 Å². The third-order valence-corrected chi connectivity index (χ3v) is 2.98. The van der Waals surface area contributed by atoms with Gasteiger partial charge in [0.2, 0.25) is 0 Å². The molecule has 66 valence electrons. The van der Waals surface area contributed by atoms with Crippen LogP contribution in [0.3, 0.4) is 0 Å². The first kappa shape index (κ1) is 9.66. The fourth-order valence-corrected chi connectivity index (χ4v) is 1.85. The van der Waals surface area contributed by atoms with Crippen LogP contribution in [0.5, 0.6) is 0 Å². The second-order valence-corrected chi connectivity index (χ2v) is 4.23. The summed E-state index contributed by atoms with van der Waals surface area (Å²) in [6.45, 7) is 6.64. The van der Waals surface area contributed by atoms with Gasteiger partial charge in [0, 0.05) is 4.90 Å². The van der Waals surface area contributed by atoms with Gasteiger partial charge in [-0.3, -0.25) is 0 Å². The molecule has 0 saturated carbocycles. The Balaban J connectivity index is 3.02. The highest BCUT2D eigenvalue weighted by atomic mass is 32.2. The Bertz CT molecular complexity index is 264. The molecule has 0 unspecified atom stereocenters. The summed E-state index contributed by atoms with van der Waals surface area (Å²) in [6.07, 6.45) is 2.12. The predicted octanol–water partition coefficient (Wildman–Crippen LogP) is 3.84. The van der Waals surface area contributed by atoms with Gasteiger partial charge in [0.1, 0.15) is 0 Å². The molecule has 0 spiro atoms. The fraction of sp³-hybridized carbons (Fsp3) is 0.455. The SMILES string of the molecule is CSc1ccc(C(C)C)cc1C. The summed E-state index contributed by atoms with van der Waals surface area (Å²) in [5.74, 6) is 0.639. The molecule has 1 aromatic carbocycles. The molecule has 1 heteroatoms. The third kappa shape index (κ3) is 2.04. The molecule has 0 radical (unpaired) electrons. The monoisotopic (exact) mass is 180 g/mol. The number of thioether (sulfide) groups is 1. The Morgan fingerprint density at radius 3 is 2.33 bits per heavy atom. The van der Waals surface area contributed by atoms with Gasteiger partial charge in [-0.25, -0.2) is 0 Å². The number of aryl methyl sites for hydroxylation is 1. The minimum atomic E-state index is 0.639. The summed E-state index contributed by atoms with van der Waals surface area (Å²) in [5.41, 5.74) is 2.83. The molecule has 1 rings (SSSR count). The normalized spacial score (nSPS) is 10.8. The van der Waals surface area contributed by atoms with Crippen molar-refractivity contribution >= 4 is 11.8 Å². The number of hydrogen-bond donors (Lipinski definition) is 0. The molecule has 0 heterocycles. The molecule has 0 aliphatic rings. The van der Waals surface area contributed by atoms with Crippen LogP contribution in [0.4, 0.5) is 0 Å². The van der Waals surface area contributed by atoms with Crippen LogP contribution in [0.15, 0.2) is 23.1 Å². The Morgan fingerprint density at radius 1 is 1.25 bits per heavy atom. The minimum absolute atomic E-state index is 0.639. The zero-order valence-electron chi connectivity index (χ0n) is 8.22. The van der Waals surface area contributed by atoms with E-state index < -0.39 is 0 Å². The summed E-state index contributed by atoms with van der Waals surface area (Å²) >= 11 is 1.82. The summed E-state index contributed by atoms with van der Waals surface area (Å²) in [5, 5.41) is 0. The molecule has 0 amide bonds. The molecule has 12 heavy (non-hydrogen) atoms. The van der Waals surface area contributed by atoms with Gasteiger partial charge in [-0.2, -0.15) is 0 Å². The topological polar surface area (TPSA) is 0 Å². The Kier molecular flexibility index (Phi) is 3.21. The van der Waals surface area contributed by atoms with Crippen LogP contribution < -0.4 is 0 Å². The predicted molar refractivity (Wildman–Crippen MR) is 57.0 cm³/mol. The molecule has 0 nitrogen and oxygen atoms in total. The molecule has 0 aliphatic carbocycles. The van der Waals surface area contributed by atoms with Crippen molar-refractivity contribution in [3.8, 4) is 0 Å². The fourth-order valence-electron chi connectivity index (χ4n) is 1.26. The van der Waals surface area contributed by atoms with Crippen molar-refractivity contribution in [1.82, 2.24) is 0 Å². The van der Waals surface area contributed by atoms with Crippen LogP contribution in [0.1, 0.15) is 30.9 Å². The van der Waals surface area contributed by atoms with E-state index in [-0.39, 0.29) is 0 Å². The highest BCUT2D eigenvalue weighted by Crippen LogP contribution is 2.23. The Morgan fingerprint density at radius 2 is 1.92 bits per heavy atom. The second kappa shape index (κ2) is 3.99. The highest BCUT2D eigenvalue weighted by molar-refractivity contribution is 7.98. The van der Waals surface area contributed by atoms with Gasteiger partial charge >= 0.3 is 0 Å². The largest absolute Gasteiger partial charge is 0.129 e. The lowest BCUT2D eigenvalue weighted by molar-refractivity contribution is 0.862. The molecule has 0 N–H and O–H groups in total. The Labute approximate surface area is 79.4 Å². The summed E-state index contributed by atoms with van der Waals surface area (Å²) in [7, 11) is 0. The van der Waals surface area contributed by atoms with Gasteiger partial charge in [0.05, 0.1) is 0 Å². The summed E-state index contributed by atoms with van der Waals surface area (Å²) < 4.78 is 0. The van der Waals surface area contributed by atoms with Crippen molar-refractivity contribution in [2.75, 3.05) is 6.26 Å². The van der Waals surface area contributed by atoms with Crippen LogP contribution in [-0.2, 0) is 0 Å². The first-order valence-corrected chi connectivity index (χ1v) is 5.52. The van der Waals surface area contributed by atoms with Crippen molar-refractivity contribution in [1.29, 1.82) is 0 Å². The van der Waals surface area contributed by atoms with E-state index in [9.17, 15) is 0 Å². The zero-order valence-corrected chi connectivity index (χ0v) is 9.03. The lowest BCUT2D eigenvalue weighted by Crippen LogP contribution is -1.88. The van der Waals surface area contributed by atoms with Crippen LogP contribution in [0.2, 0.25) is 0 Å². The highest BCUT2D eigenvalue weighted by Gasteiger charge is 2.01. The van der Waals surface area contributed by atoms with E-state index in [0.717, 1.165) is 0 Å². The summed E-state index contributed by atoms with van der Waals surface area (Å²) in [4.78, 5) is 1.39. The molecule has 0 aromatic heterocycles. The lowest BCUT2D eigenvalue weighted by atomic mass is 10.0. The van der Waals surface area contributed by atoms with Gasteiger partial charge in [0.15, 0.2) is 0 Å². The number of rotatable bonds is 2. The zero-order chi connectivity index (χ0) is 9.14. The number of benzene rings is 1. The van der Waals surface area contributed by atoms with E-state index in [0.29, 0.717) is 5.92 Å². The molecule has 1 aromatic rings. The van der Waals surface area contributed by atoms with E-state index in [1.807, 2.05) is 11.8 Å². The maximum Gasteiger partial charge on any atom is 0.00985 e. The standard InChI is InChI=1S/C11H16S/c1-8(2)10-5-6-11(12-4)9(3)7-10/h5-8H,1-4H3. The second-order valence-electron chi connectivity index (χ2n) is 3.38. The van der Waals surface area contributed by atoms with E-state index in [4.69, 9.17) is 0 Å². The van der Waals surface area contributed by atoms with Gasteiger partial charge in [-0.1, -0.05) is 26.0 Å². The average molecular weight is 180 g/mol. The number of hydrogen-bond acceptors (Lipinski definition) is 1. The van der Waals surface area contributed by atoms with Crippen LogP contribution in [-0.4, -0.2) is 6.26 Å². The van der Waals surface area contributed by atoms with Crippen molar-refractivity contribution in [2.24, 2.45) is 0 Å². The van der Waals surface area contributed by atoms with E-state index >= 15 is 0 Å².